The summed E-state index contributed by atoms with van der Waals surface area (Å²) >= 11 is 5.70. The Morgan fingerprint density at radius 2 is 2.27 bits per heavy atom. The summed E-state index contributed by atoms with van der Waals surface area (Å²) in [5.74, 6) is 1.23. The second-order valence-corrected chi connectivity index (χ2v) is 3.63. The van der Waals surface area contributed by atoms with Crippen molar-refractivity contribution >= 4 is 11.6 Å². The summed E-state index contributed by atoms with van der Waals surface area (Å²) < 4.78 is 16.3. The first-order chi connectivity index (χ1) is 7.35. The van der Waals surface area contributed by atoms with E-state index in [4.69, 9.17) is 25.8 Å². The molecule has 2 rings (SSSR count). The van der Waals surface area contributed by atoms with Gasteiger partial charge in [0, 0.05) is 5.56 Å². The number of methoxy groups -OCH3 is 1. The highest BCUT2D eigenvalue weighted by molar-refractivity contribution is 6.18. The molecule has 15 heavy (non-hydrogen) atoms. The van der Waals surface area contributed by atoms with Gasteiger partial charge in [0.2, 0.25) is 0 Å². The van der Waals surface area contributed by atoms with Crippen molar-refractivity contribution in [2.45, 2.75) is 12.4 Å². The summed E-state index contributed by atoms with van der Waals surface area (Å²) in [6.45, 7) is 0.534. The number of rotatable bonds is 3. The minimum absolute atomic E-state index is 0.0263. The van der Waals surface area contributed by atoms with E-state index < -0.39 is 0 Å². The van der Waals surface area contributed by atoms with Crippen molar-refractivity contribution in [1.82, 2.24) is 0 Å². The largest absolute Gasteiger partial charge is 0.496 e. The van der Waals surface area contributed by atoms with Crippen LogP contribution in [0.15, 0.2) is 24.3 Å². The molecule has 0 spiro atoms. The molecule has 0 radical (unpaired) electrons. The number of hydrogen-bond acceptors (Lipinski definition) is 3. The second-order valence-electron chi connectivity index (χ2n) is 3.32. The molecule has 1 aliphatic heterocycles. The Balaban J connectivity index is 2.16. The topological polar surface area (TPSA) is 27.7 Å². The van der Waals surface area contributed by atoms with Crippen LogP contribution in [0.25, 0.3) is 0 Å². The maximum Gasteiger partial charge on any atom is 0.187 e. The Labute approximate surface area is 93.9 Å². The maximum atomic E-state index is 5.70. The standard InChI is InChI=1S/C11H13ClO3/c1-13-10-5-3-2-4-9(10)11-14-7-8(6-12)15-11/h2-5,8,11H,6-7H2,1H3/t8-,11-/m0/s1. The van der Waals surface area contributed by atoms with Gasteiger partial charge in [0.05, 0.1) is 25.7 Å². The molecule has 4 heteroatoms. The van der Waals surface area contributed by atoms with E-state index in [9.17, 15) is 0 Å². The number of halogens is 1. The highest BCUT2D eigenvalue weighted by Crippen LogP contribution is 2.33. The van der Waals surface area contributed by atoms with Gasteiger partial charge >= 0.3 is 0 Å². The van der Waals surface area contributed by atoms with Crippen molar-refractivity contribution in [3.63, 3.8) is 0 Å². The van der Waals surface area contributed by atoms with E-state index in [2.05, 4.69) is 0 Å². The molecular formula is C11H13ClO3. The van der Waals surface area contributed by atoms with Crippen LogP contribution >= 0.6 is 11.6 Å². The van der Waals surface area contributed by atoms with Gasteiger partial charge in [0.15, 0.2) is 6.29 Å². The fourth-order valence-electron chi connectivity index (χ4n) is 1.55. The van der Waals surface area contributed by atoms with Crippen LogP contribution in [0, 0.1) is 0 Å². The summed E-state index contributed by atoms with van der Waals surface area (Å²) in [4.78, 5) is 0. The first-order valence-electron chi connectivity index (χ1n) is 4.81. The molecule has 0 N–H and O–H groups in total. The lowest BCUT2D eigenvalue weighted by molar-refractivity contribution is -0.0579. The monoisotopic (exact) mass is 228 g/mol. The Kier molecular flexibility index (Phi) is 3.46. The molecule has 2 atom stereocenters. The summed E-state index contributed by atoms with van der Waals surface area (Å²) in [6.07, 6.45) is -0.383. The highest BCUT2D eigenvalue weighted by Gasteiger charge is 2.28. The summed E-state index contributed by atoms with van der Waals surface area (Å²) in [7, 11) is 1.63. The molecule has 1 aromatic rings. The minimum atomic E-state index is -0.357. The molecule has 0 amide bonds. The molecule has 0 bridgehead atoms. The van der Waals surface area contributed by atoms with E-state index in [1.165, 1.54) is 0 Å². The van der Waals surface area contributed by atoms with E-state index in [-0.39, 0.29) is 12.4 Å². The van der Waals surface area contributed by atoms with Crippen LogP contribution in [-0.4, -0.2) is 25.7 Å². The van der Waals surface area contributed by atoms with Gasteiger partial charge in [-0.25, -0.2) is 0 Å². The Hall–Kier alpha value is -0.770. The van der Waals surface area contributed by atoms with Gasteiger partial charge in [0.1, 0.15) is 5.75 Å². The van der Waals surface area contributed by atoms with Gasteiger partial charge in [-0.15, -0.1) is 11.6 Å². The van der Waals surface area contributed by atoms with Crippen molar-refractivity contribution in [2.24, 2.45) is 0 Å². The number of para-hydroxylation sites is 1. The molecule has 1 aromatic carbocycles. The first-order valence-corrected chi connectivity index (χ1v) is 5.34. The minimum Gasteiger partial charge on any atom is -0.496 e. The van der Waals surface area contributed by atoms with Gasteiger partial charge in [0.25, 0.3) is 0 Å². The van der Waals surface area contributed by atoms with E-state index in [1.54, 1.807) is 7.11 Å². The molecule has 1 aliphatic rings. The molecule has 0 aromatic heterocycles. The van der Waals surface area contributed by atoms with Crippen LogP contribution in [0.1, 0.15) is 11.9 Å². The van der Waals surface area contributed by atoms with E-state index in [1.807, 2.05) is 24.3 Å². The van der Waals surface area contributed by atoms with Crippen molar-refractivity contribution < 1.29 is 14.2 Å². The molecule has 1 saturated heterocycles. The number of ether oxygens (including phenoxy) is 3. The lowest BCUT2D eigenvalue weighted by atomic mass is 10.2. The highest BCUT2D eigenvalue weighted by atomic mass is 35.5. The van der Waals surface area contributed by atoms with Crippen molar-refractivity contribution in [3.8, 4) is 5.75 Å². The van der Waals surface area contributed by atoms with E-state index in [0.29, 0.717) is 12.5 Å². The van der Waals surface area contributed by atoms with E-state index >= 15 is 0 Å². The molecule has 3 nitrogen and oxygen atoms in total. The third-order valence-corrected chi connectivity index (χ3v) is 2.66. The zero-order valence-electron chi connectivity index (χ0n) is 8.48. The van der Waals surface area contributed by atoms with Crippen LogP contribution in [0.5, 0.6) is 5.75 Å². The number of benzene rings is 1. The first kappa shape index (κ1) is 10.7. The fraction of sp³-hybridized carbons (Fsp3) is 0.455. The zero-order chi connectivity index (χ0) is 10.7. The molecule has 82 valence electrons. The Morgan fingerprint density at radius 3 is 2.93 bits per heavy atom. The average Bonchev–Trinajstić information content (AvgIpc) is 2.77. The predicted molar refractivity (Wildman–Crippen MR) is 57.3 cm³/mol. The van der Waals surface area contributed by atoms with Gasteiger partial charge < -0.3 is 14.2 Å². The molecule has 0 unspecified atom stereocenters. The van der Waals surface area contributed by atoms with Crippen LogP contribution in [0.4, 0.5) is 0 Å². The van der Waals surface area contributed by atoms with Crippen LogP contribution in [-0.2, 0) is 9.47 Å². The Bertz CT molecular complexity index is 329. The van der Waals surface area contributed by atoms with Crippen molar-refractivity contribution in [3.05, 3.63) is 29.8 Å². The third kappa shape index (κ3) is 2.25. The SMILES string of the molecule is COc1ccccc1[C@H]1OC[C@H](CCl)O1. The zero-order valence-corrected chi connectivity index (χ0v) is 9.24. The summed E-state index contributed by atoms with van der Waals surface area (Å²) in [5.41, 5.74) is 0.910. The smallest absolute Gasteiger partial charge is 0.187 e. The Morgan fingerprint density at radius 1 is 1.47 bits per heavy atom. The van der Waals surface area contributed by atoms with Gasteiger partial charge in [-0.3, -0.25) is 0 Å². The van der Waals surface area contributed by atoms with E-state index in [0.717, 1.165) is 11.3 Å². The molecule has 1 fully saturated rings. The average molecular weight is 229 g/mol. The fourth-order valence-corrected chi connectivity index (χ4v) is 1.72. The van der Waals surface area contributed by atoms with Gasteiger partial charge in [-0.05, 0) is 6.07 Å². The quantitative estimate of drug-likeness (QED) is 0.744. The lowest BCUT2D eigenvalue weighted by Crippen LogP contribution is -2.11. The second kappa shape index (κ2) is 4.84. The lowest BCUT2D eigenvalue weighted by Gasteiger charge is -2.13. The van der Waals surface area contributed by atoms with Crippen molar-refractivity contribution in [1.29, 1.82) is 0 Å². The maximum absolute atomic E-state index is 5.70. The summed E-state index contributed by atoms with van der Waals surface area (Å²) in [5, 5.41) is 0. The molecule has 1 heterocycles. The predicted octanol–water partition coefficient (Wildman–Crippen LogP) is 2.35. The number of alkyl halides is 1. The van der Waals surface area contributed by atoms with Crippen LogP contribution in [0.2, 0.25) is 0 Å². The molecule has 0 saturated carbocycles. The van der Waals surface area contributed by atoms with Crippen LogP contribution < -0.4 is 4.74 Å². The number of hydrogen-bond donors (Lipinski definition) is 0. The van der Waals surface area contributed by atoms with Crippen LogP contribution in [0.3, 0.4) is 0 Å². The molecule has 0 aliphatic carbocycles. The van der Waals surface area contributed by atoms with Gasteiger partial charge in [-0.2, -0.15) is 0 Å². The third-order valence-electron chi connectivity index (χ3n) is 2.31. The molecular weight excluding hydrogens is 216 g/mol. The van der Waals surface area contributed by atoms with Gasteiger partial charge in [-0.1, -0.05) is 18.2 Å². The summed E-state index contributed by atoms with van der Waals surface area (Å²) in [6, 6.07) is 7.66. The van der Waals surface area contributed by atoms with Crippen molar-refractivity contribution in [2.75, 3.05) is 19.6 Å². The normalized spacial score (nSPS) is 25.5.